The van der Waals surface area contributed by atoms with Crippen LogP contribution in [0.3, 0.4) is 0 Å². The Morgan fingerprint density at radius 3 is 2.93 bits per heavy atom. The van der Waals surface area contributed by atoms with E-state index in [4.69, 9.17) is 8.94 Å². The topological polar surface area (TPSA) is 97.3 Å². The molecule has 0 saturated carbocycles. The van der Waals surface area contributed by atoms with Gasteiger partial charge in [0, 0.05) is 19.3 Å². The number of furan rings is 1. The van der Waals surface area contributed by atoms with E-state index in [-0.39, 0.29) is 17.9 Å². The number of hydrogen-bond acceptors (Lipinski definition) is 7. The van der Waals surface area contributed by atoms with E-state index in [1.807, 2.05) is 31.2 Å². The van der Waals surface area contributed by atoms with Gasteiger partial charge in [0.2, 0.25) is 5.91 Å². The highest BCUT2D eigenvalue weighted by Crippen LogP contribution is 2.25. The zero-order chi connectivity index (χ0) is 19.5. The Morgan fingerprint density at radius 2 is 2.25 bits per heavy atom. The van der Waals surface area contributed by atoms with Crippen LogP contribution in [0.15, 0.2) is 45.7 Å². The molecular formula is C20H23N5O3. The Bertz CT molecular complexity index is 920. The first-order chi connectivity index (χ1) is 13.6. The maximum Gasteiger partial charge on any atom is 0.259 e. The van der Waals surface area contributed by atoms with Crippen molar-refractivity contribution in [2.24, 2.45) is 5.92 Å². The molecular weight excluding hydrogens is 358 g/mol. The summed E-state index contributed by atoms with van der Waals surface area (Å²) in [6, 6.07) is 7.39. The minimum atomic E-state index is -0.145. The van der Waals surface area contributed by atoms with Gasteiger partial charge in [0.25, 0.3) is 5.89 Å². The summed E-state index contributed by atoms with van der Waals surface area (Å²) in [5, 5.41) is 6.85. The lowest BCUT2D eigenvalue weighted by Crippen LogP contribution is -2.43. The molecule has 1 N–H and O–H groups in total. The summed E-state index contributed by atoms with van der Waals surface area (Å²) in [5.41, 5.74) is 0.780. The van der Waals surface area contributed by atoms with Gasteiger partial charge >= 0.3 is 0 Å². The highest BCUT2D eigenvalue weighted by molar-refractivity contribution is 5.80. The number of rotatable bonds is 5. The van der Waals surface area contributed by atoms with E-state index in [1.54, 1.807) is 19.4 Å². The Labute approximate surface area is 162 Å². The van der Waals surface area contributed by atoms with E-state index in [1.165, 1.54) is 0 Å². The SMILES string of the molecule is Cc1noc(-c2ccc(N3CCC[C@H](C(=O)N[C@H](C)c4ccco4)C3)nc2)n1. The zero-order valence-electron chi connectivity index (χ0n) is 16.0. The van der Waals surface area contributed by atoms with Crippen LogP contribution in [0.4, 0.5) is 5.82 Å². The number of anilines is 1. The molecule has 1 fully saturated rings. The molecule has 8 nitrogen and oxygen atoms in total. The quantitative estimate of drug-likeness (QED) is 0.725. The van der Waals surface area contributed by atoms with Crippen molar-refractivity contribution in [3.63, 3.8) is 0 Å². The Balaban J connectivity index is 1.40. The Hall–Kier alpha value is -3.16. The van der Waals surface area contributed by atoms with Crippen molar-refractivity contribution >= 4 is 11.7 Å². The predicted molar refractivity (Wildman–Crippen MR) is 102 cm³/mol. The molecule has 0 radical (unpaired) electrons. The van der Waals surface area contributed by atoms with Crippen molar-refractivity contribution in [2.75, 3.05) is 18.0 Å². The number of aryl methyl sites for hydroxylation is 1. The predicted octanol–water partition coefficient (Wildman–Crippen LogP) is 3.13. The van der Waals surface area contributed by atoms with Gasteiger partial charge in [0.05, 0.1) is 23.8 Å². The molecule has 4 heterocycles. The second-order valence-corrected chi connectivity index (χ2v) is 7.08. The summed E-state index contributed by atoms with van der Waals surface area (Å²) in [5.74, 6) is 2.62. The normalized spacial score (nSPS) is 18.1. The number of hydrogen-bond donors (Lipinski definition) is 1. The average molecular weight is 381 g/mol. The summed E-state index contributed by atoms with van der Waals surface area (Å²) in [6.07, 6.45) is 5.16. The van der Waals surface area contributed by atoms with Gasteiger partial charge in [-0.05, 0) is 51.0 Å². The number of carbonyl (C=O) groups excluding carboxylic acids is 1. The first-order valence-electron chi connectivity index (χ1n) is 9.45. The van der Waals surface area contributed by atoms with Crippen LogP contribution >= 0.6 is 0 Å². The van der Waals surface area contributed by atoms with Crippen LogP contribution in [0.1, 0.15) is 37.4 Å². The lowest BCUT2D eigenvalue weighted by Gasteiger charge is -2.33. The molecule has 0 bridgehead atoms. The summed E-state index contributed by atoms with van der Waals surface area (Å²) < 4.78 is 10.5. The van der Waals surface area contributed by atoms with E-state index in [0.29, 0.717) is 18.3 Å². The number of piperidine rings is 1. The molecule has 1 aliphatic rings. The fraction of sp³-hybridized carbons (Fsp3) is 0.400. The van der Waals surface area contributed by atoms with E-state index in [9.17, 15) is 4.79 Å². The number of aromatic nitrogens is 3. The minimum Gasteiger partial charge on any atom is -0.467 e. The largest absolute Gasteiger partial charge is 0.467 e. The van der Waals surface area contributed by atoms with Crippen LogP contribution < -0.4 is 10.2 Å². The van der Waals surface area contributed by atoms with Crippen LogP contribution in [0.2, 0.25) is 0 Å². The Morgan fingerprint density at radius 1 is 1.36 bits per heavy atom. The third-order valence-corrected chi connectivity index (χ3v) is 4.97. The minimum absolute atomic E-state index is 0.0477. The average Bonchev–Trinajstić information content (AvgIpc) is 3.40. The molecule has 0 unspecified atom stereocenters. The highest BCUT2D eigenvalue weighted by atomic mass is 16.5. The van der Waals surface area contributed by atoms with Crippen LogP contribution in [0.25, 0.3) is 11.5 Å². The molecule has 0 aromatic carbocycles. The molecule has 4 rings (SSSR count). The summed E-state index contributed by atoms with van der Waals surface area (Å²) in [4.78, 5) is 23.6. The molecule has 146 valence electrons. The molecule has 28 heavy (non-hydrogen) atoms. The van der Waals surface area contributed by atoms with Crippen molar-refractivity contribution in [1.29, 1.82) is 0 Å². The molecule has 0 spiro atoms. The van der Waals surface area contributed by atoms with E-state index in [2.05, 4.69) is 25.3 Å². The Kier molecular flexibility index (Phi) is 5.10. The number of nitrogens with zero attached hydrogens (tertiary/aromatic N) is 4. The smallest absolute Gasteiger partial charge is 0.259 e. The van der Waals surface area contributed by atoms with Crippen LogP contribution in [-0.2, 0) is 4.79 Å². The number of pyridine rings is 1. The third-order valence-electron chi connectivity index (χ3n) is 4.97. The van der Waals surface area contributed by atoms with Gasteiger partial charge in [-0.1, -0.05) is 5.16 Å². The maximum atomic E-state index is 12.7. The van der Waals surface area contributed by atoms with Crippen LogP contribution in [0, 0.1) is 12.8 Å². The monoisotopic (exact) mass is 381 g/mol. The fourth-order valence-electron chi connectivity index (χ4n) is 3.45. The van der Waals surface area contributed by atoms with Crippen molar-refractivity contribution in [3.8, 4) is 11.5 Å². The van der Waals surface area contributed by atoms with E-state index < -0.39 is 0 Å². The first kappa shape index (κ1) is 18.2. The second-order valence-electron chi connectivity index (χ2n) is 7.08. The van der Waals surface area contributed by atoms with Crippen molar-refractivity contribution in [1.82, 2.24) is 20.4 Å². The van der Waals surface area contributed by atoms with Gasteiger partial charge in [-0.15, -0.1) is 0 Å². The van der Waals surface area contributed by atoms with E-state index >= 15 is 0 Å². The fourth-order valence-corrected chi connectivity index (χ4v) is 3.45. The highest BCUT2D eigenvalue weighted by Gasteiger charge is 2.28. The van der Waals surface area contributed by atoms with E-state index in [0.717, 1.165) is 36.5 Å². The number of carbonyl (C=O) groups is 1. The van der Waals surface area contributed by atoms with Crippen LogP contribution in [-0.4, -0.2) is 34.1 Å². The zero-order valence-corrected chi connectivity index (χ0v) is 16.0. The lowest BCUT2D eigenvalue weighted by molar-refractivity contribution is -0.126. The molecule has 0 aliphatic carbocycles. The van der Waals surface area contributed by atoms with Gasteiger partial charge in [0.1, 0.15) is 11.6 Å². The molecule has 8 heteroatoms. The summed E-state index contributed by atoms with van der Waals surface area (Å²) >= 11 is 0. The molecule has 1 aliphatic heterocycles. The molecule has 3 aromatic rings. The summed E-state index contributed by atoms with van der Waals surface area (Å²) in [7, 11) is 0. The van der Waals surface area contributed by atoms with Gasteiger partial charge < -0.3 is 19.2 Å². The maximum absolute atomic E-state index is 12.7. The molecule has 3 aromatic heterocycles. The van der Waals surface area contributed by atoms with Crippen molar-refractivity contribution in [2.45, 2.75) is 32.7 Å². The third kappa shape index (κ3) is 3.90. The summed E-state index contributed by atoms with van der Waals surface area (Å²) in [6.45, 7) is 5.23. The van der Waals surface area contributed by atoms with Gasteiger partial charge in [0.15, 0.2) is 5.82 Å². The van der Waals surface area contributed by atoms with Crippen molar-refractivity contribution < 1.29 is 13.7 Å². The number of amides is 1. The van der Waals surface area contributed by atoms with Crippen molar-refractivity contribution in [3.05, 3.63) is 48.3 Å². The molecule has 2 atom stereocenters. The first-order valence-corrected chi connectivity index (χ1v) is 9.45. The van der Waals surface area contributed by atoms with Gasteiger partial charge in [-0.25, -0.2) is 4.98 Å². The molecule has 1 saturated heterocycles. The molecule has 1 amide bonds. The van der Waals surface area contributed by atoms with Crippen LogP contribution in [0.5, 0.6) is 0 Å². The number of nitrogens with one attached hydrogen (secondary N) is 1. The second kappa shape index (κ2) is 7.84. The van der Waals surface area contributed by atoms with Gasteiger partial charge in [-0.2, -0.15) is 4.98 Å². The standard InChI is InChI=1S/C20H23N5O3/c1-13(17-6-4-10-27-17)22-19(26)16-5-3-9-25(12-16)18-8-7-15(11-21-18)20-23-14(2)24-28-20/h4,6-8,10-11,13,16H,3,5,9,12H2,1-2H3,(H,22,26)/t13-,16+/m1/s1. The lowest BCUT2D eigenvalue weighted by atomic mass is 9.96. The van der Waals surface area contributed by atoms with Gasteiger partial charge in [-0.3, -0.25) is 4.79 Å².